The molecule has 0 spiro atoms. The van der Waals surface area contributed by atoms with E-state index >= 15 is 0 Å². The predicted octanol–water partition coefficient (Wildman–Crippen LogP) is 2.34. The third kappa shape index (κ3) is 3.56. The van der Waals surface area contributed by atoms with Crippen molar-refractivity contribution < 1.29 is 13.5 Å². The van der Waals surface area contributed by atoms with Crippen molar-refractivity contribution in [2.75, 3.05) is 0 Å². The molecule has 1 heterocycles. The Hall–Kier alpha value is -0.430. The van der Waals surface area contributed by atoms with Crippen molar-refractivity contribution in [2.45, 2.75) is 50.0 Å². The van der Waals surface area contributed by atoms with E-state index in [9.17, 15) is 8.42 Å². The van der Waals surface area contributed by atoms with Crippen LogP contribution in [0.5, 0.6) is 0 Å². The van der Waals surface area contributed by atoms with Gasteiger partial charge in [-0.2, -0.15) is 0 Å². The molecule has 1 fully saturated rings. The molecule has 3 atom stereocenters. The SMILES string of the molecule is CC1CCC(NS(=O)(=O)c2ccc(CO)s2)C(C)C1. The Bertz CT molecular complexity index is 524. The van der Waals surface area contributed by atoms with Crippen LogP contribution in [0.3, 0.4) is 0 Å². The second-order valence-electron chi connectivity index (χ2n) is 5.50. The van der Waals surface area contributed by atoms with Gasteiger partial charge in [-0.15, -0.1) is 11.3 Å². The van der Waals surface area contributed by atoms with E-state index in [2.05, 4.69) is 18.6 Å². The van der Waals surface area contributed by atoms with Crippen molar-refractivity contribution in [1.82, 2.24) is 4.72 Å². The number of hydrogen-bond donors (Lipinski definition) is 2. The molecule has 0 radical (unpaired) electrons. The van der Waals surface area contributed by atoms with E-state index in [0.717, 1.165) is 30.6 Å². The fraction of sp³-hybridized carbons (Fsp3) is 0.692. The number of thiophene rings is 1. The number of aliphatic hydroxyl groups is 1. The summed E-state index contributed by atoms with van der Waals surface area (Å²) in [5.74, 6) is 1.05. The summed E-state index contributed by atoms with van der Waals surface area (Å²) >= 11 is 1.13. The van der Waals surface area contributed by atoms with E-state index in [0.29, 0.717) is 20.9 Å². The van der Waals surface area contributed by atoms with E-state index in [1.54, 1.807) is 12.1 Å². The van der Waals surface area contributed by atoms with E-state index in [1.165, 1.54) is 0 Å². The molecule has 4 nitrogen and oxygen atoms in total. The number of nitrogens with one attached hydrogen (secondary N) is 1. The smallest absolute Gasteiger partial charge is 0.250 e. The average molecular weight is 303 g/mol. The van der Waals surface area contributed by atoms with Gasteiger partial charge in [-0.25, -0.2) is 13.1 Å². The lowest BCUT2D eigenvalue weighted by Crippen LogP contribution is -2.42. The summed E-state index contributed by atoms with van der Waals surface area (Å²) in [6, 6.07) is 3.25. The van der Waals surface area contributed by atoms with Gasteiger partial charge in [0.15, 0.2) is 0 Å². The first-order valence-corrected chi connectivity index (χ1v) is 8.94. The van der Waals surface area contributed by atoms with Crippen molar-refractivity contribution in [1.29, 1.82) is 0 Å². The highest BCUT2D eigenvalue weighted by molar-refractivity contribution is 7.91. The van der Waals surface area contributed by atoms with Crippen LogP contribution in [0.2, 0.25) is 0 Å². The van der Waals surface area contributed by atoms with Crippen LogP contribution in [-0.4, -0.2) is 19.6 Å². The van der Waals surface area contributed by atoms with Crippen LogP contribution in [-0.2, 0) is 16.6 Å². The molecule has 0 saturated heterocycles. The molecule has 1 aliphatic rings. The monoisotopic (exact) mass is 303 g/mol. The maximum absolute atomic E-state index is 12.3. The molecule has 108 valence electrons. The minimum atomic E-state index is -3.44. The van der Waals surface area contributed by atoms with Crippen LogP contribution in [0.15, 0.2) is 16.3 Å². The Balaban J connectivity index is 2.08. The predicted molar refractivity (Wildman–Crippen MR) is 76.5 cm³/mol. The molecular weight excluding hydrogens is 282 g/mol. The van der Waals surface area contributed by atoms with Crippen LogP contribution in [0, 0.1) is 11.8 Å². The Labute approximate surface area is 118 Å². The van der Waals surface area contributed by atoms with E-state index in [4.69, 9.17) is 5.11 Å². The molecule has 1 aromatic rings. The summed E-state index contributed by atoms with van der Waals surface area (Å²) in [5.41, 5.74) is 0. The van der Waals surface area contributed by atoms with E-state index in [1.807, 2.05) is 0 Å². The van der Waals surface area contributed by atoms with Crippen molar-refractivity contribution >= 4 is 21.4 Å². The average Bonchev–Trinajstić information content (AvgIpc) is 2.82. The molecule has 2 N–H and O–H groups in total. The zero-order valence-corrected chi connectivity index (χ0v) is 12.9. The first-order chi connectivity index (χ1) is 8.92. The first kappa shape index (κ1) is 15.0. The molecule has 1 aromatic heterocycles. The molecule has 0 amide bonds. The van der Waals surface area contributed by atoms with E-state index < -0.39 is 10.0 Å². The maximum Gasteiger partial charge on any atom is 0.250 e. The van der Waals surface area contributed by atoms with Gasteiger partial charge in [0.25, 0.3) is 0 Å². The molecule has 0 aromatic carbocycles. The quantitative estimate of drug-likeness (QED) is 0.897. The number of aliphatic hydroxyl groups excluding tert-OH is 1. The minimum absolute atomic E-state index is 0.0286. The van der Waals surface area contributed by atoms with Gasteiger partial charge in [0.2, 0.25) is 10.0 Å². The van der Waals surface area contributed by atoms with Gasteiger partial charge in [-0.3, -0.25) is 0 Å². The Morgan fingerprint density at radius 2 is 2.11 bits per heavy atom. The molecular formula is C13H21NO3S2. The van der Waals surface area contributed by atoms with Gasteiger partial charge in [0.1, 0.15) is 4.21 Å². The fourth-order valence-electron chi connectivity index (χ4n) is 2.69. The van der Waals surface area contributed by atoms with Crippen LogP contribution in [0.1, 0.15) is 38.0 Å². The molecule has 1 saturated carbocycles. The third-order valence-electron chi connectivity index (χ3n) is 3.80. The summed E-state index contributed by atoms with van der Waals surface area (Å²) in [6.07, 6.45) is 3.04. The lowest BCUT2D eigenvalue weighted by Gasteiger charge is -2.32. The standard InChI is InChI=1S/C13H21NO3S2/c1-9-3-5-12(10(2)7-9)14-19(16,17)13-6-4-11(8-15)18-13/h4,6,9-10,12,14-15H,3,5,7-8H2,1-2H3. The summed E-state index contributed by atoms with van der Waals surface area (Å²) < 4.78 is 27.7. The number of sulfonamides is 1. The molecule has 1 aliphatic carbocycles. The van der Waals surface area contributed by atoms with Gasteiger partial charge in [0.05, 0.1) is 6.61 Å². The lowest BCUT2D eigenvalue weighted by atomic mass is 9.80. The summed E-state index contributed by atoms with van der Waals surface area (Å²) in [7, 11) is -3.44. The number of rotatable bonds is 4. The van der Waals surface area contributed by atoms with Crippen molar-refractivity contribution in [3.63, 3.8) is 0 Å². The fourth-order valence-corrected chi connectivity index (χ4v) is 5.30. The molecule has 2 rings (SSSR count). The Morgan fingerprint density at radius 1 is 1.37 bits per heavy atom. The summed E-state index contributed by atoms with van der Waals surface area (Å²) in [6.45, 7) is 4.21. The van der Waals surface area contributed by atoms with E-state index in [-0.39, 0.29) is 12.6 Å². The highest BCUT2D eigenvalue weighted by Gasteiger charge is 2.29. The van der Waals surface area contributed by atoms with Crippen LogP contribution < -0.4 is 4.72 Å². The second kappa shape index (κ2) is 5.91. The number of hydrogen-bond acceptors (Lipinski definition) is 4. The van der Waals surface area contributed by atoms with Crippen molar-refractivity contribution in [3.8, 4) is 0 Å². The highest BCUT2D eigenvalue weighted by atomic mass is 32.2. The van der Waals surface area contributed by atoms with Gasteiger partial charge >= 0.3 is 0 Å². The van der Waals surface area contributed by atoms with Gasteiger partial charge < -0.3 is 5.11 Å². The van der Waals surface area contributed by atoms with Crippen molar-refractivity contribution in [3.05, 3.63) is 17.0 Å². The van der Waals surface area contributed by atoms with Crippen LogP contribution in [0.25, 0.3) is 0 Å². The second-order valence-corrected chi connectivity index (χ2v) is 8.61. The van der Waals surface area contributed by atoms with Gasteiger partial charge in [0, 0.05) is 10.9 Å². The van der Waals surface area contributed by atoms with Crippen LogP contribution in [0.4, 0.5) is 0 Å². The normalized spacial score (nSPS) is 28.5. The molecule has 0 aliphatic heterocycles. The molecule has 0 bridgehead atoms. The van der Waals surface area contributed by atoms with Gasteiger partial charge in [-0.05, 0) is 43.2 Å². The Kier molecular flexibility index (Phi) is 4.66. The van der Waals surface area contributed by atoms with Gasteiger partial charge in [-0.1, -0.05) is 13.8 Å². The lowest BCUT2D eigenvalue weighted by molar-refractivity contribution is 0.249. The topological polar surface area (TPSA) is 66.4 Å². The largest absolute Gasteiger partial charge is 0.391 e. The molecule has 6 heteroatoms. The molecule has 19 heavy (non-hydrogen) atoms. The third-order valence-corrected chi connectivity index (χ3v) is 6.85. The Morgan fingerprint density at radius 3 is 2.68 bits per heavy atom. The first-order valence-electron chi connectivity index (χ1n) is 6.64. The zero-order chi connectivity index (χ0) is 14.0. The maximum atomic E-state index is 12.3. The zero-order valence-electron chi connectivity index (χ0n) is 11.3. The minimum Gasteiger partial charge on any atom is -0.391 e. The van der Waals surface area contributed by atoms with Crippen molar-refractivity contribution in [2.24, 2.45) is 11.8 Å². The highest BCUT2D eigenvalue weighted by Crippen LogP contribution is 2.30. The summed E-state index contributed by atoms with van der Waals surface area (Å²) in [5, 5.41) is 9.00. The van der Waals surface area contributed by atoms with Crippen LogP contribution >= 0.6 is 11.3 Å². The molecule has 3 unspecified atom stereocenters. The summed E-state index contributed by atoms with van der Waals surface area (Å²) in [4.78, 5) is 0.672.